The number of phenols is 1. The molecule has 2 atom stereocenters. The van der Waals surface area contributed by atoms with E-state index in [4.69, 9.17) is 4.98 Å². The second kappa shape index (κ2) is 6.71. The molecule has 0 bridgehead atoms. The molecule has 4 rings (SSSR count). The molecule has 1 saturated carbocycles. The average molecular weight is 333 g/mol. The SMILES string of the molecule is C[C@H]1CCCC[C@@H]1Nc1nc(-c2ccccc2O)nc2ccccc12. The maximum atomic E-state index is 10.2. The maximum absolute atomic E-state index is 10.2. The minimum absolute atomic E-state index is 0.203. The highest BCUT2D eigenvalue weighted by atomic mass is 16.3. The Kier molecular flexibility index (Phi) is 4.26. The largest absolute Gasteiger partial charge is 0.507 e. The van der Waals surface area contributed by atoms with Crippen molar-refractivity contribution >= 4 is 16.7 Å². The van der Waals surface area contributed by atoms with Gasteiger partial charge in [0.1, 0.15) is 11.6 Å². The van der Waals surface area contributed by atoms with Gasteiger partial charge in [-0.3, -0.25) is 0 Å². The zero-order valence-electron chi connectivity index (χ0n) is 14.4. The molecule has 0 saturated heterocycles. The molecule has 1 heterocycles. The molecule has 2 N–H and O–H groups in total. The summed E-state index contributed by atoms with van der Waals surface area (Å²) < 4.78 is 0. The summed E-state index contributed by atoms with van der Waals surface area (Å²) in [4.78, 5) is 9.45. The van der Waals surface area contributed by atoms with E-state index < -0.39 is 0 Å². The van der Waals surface area contributed by atoms with Gasteiger partial charge in [0.2, 0.25) is 0 Å². The van der Waals surface area contributed by atoms with Crippen LogP contribution in [0.3, 0.4) is 0 Å². The number of anilines is 1. The number of phenolic OH excluding ortho intramolecular Hbond substituents is 1. The molecule has 0 radical (unpaired) electrons. The number of fused-ring (bicyclic) bond motifs is 1. The molecule has 0 spiro atoms. The lowest BCUT2D eigenvalue weighted by molar-refractivity contribution is 0.349. The molecule has 1 aromatic heterocycles. The Morgan fingerprint density at radius 1 is 0.960 bits per heavy atom. The smallest absolute Gasteiger partial charge is 0.165 e. The van der Waals surface area contributed by atoms with Gasteiger partial charge in [-0.05, 0) is 43.0 Å². The number of nitrogens with one attached hydrogen (secondary N) is 1. The summed E-state index contributed by atoms with van der Waals surface area (Å²) in [5.41, 5.74) is 1.55. The Bertz CT molecular complexity index is 893. The fraction of sp³-hybridized carbons (Fsp3) is 0.333. The second-order valence-corrected chi connectivity index (χ2v) is 6.94. The van der Waals surface area contributed by atoms with Crippen LogP contribution in [0.4, 0.5) is 5.82 Å². The van der Waals surface area contributed by atoms with Crippen molar-refractivity contribution < 1.29 is 5.11 Å². The number of rotatable bonds is 3. The lowest BCUT2D eigenvalue weighted by Gasteiger charge is -2.30. The van der Waals surface area contributed by atoms with Crippen LogP contribution in [-0.2, 0) is 0 Å². The van der Waals surface area contributed by atoms with Crippen LogP contribution < -0.4 is 5.32 Å². The predicted octanol–water partition coefficient (Wildman–Crippen LogP) is 4.99. The number of nitrogens with zero attached hydrogens (tertiary/aromatic N) is 2. The van der Waals surface area contributed by atoms with E-state index in [1.54, 1.807) is 6.07 Å². The first-order valence-corrected chi connectivity index (χ1v) is 9.04. The van der Waals surface area contributed by atoms with E-state index in [9.17, 15) is 5.11 Å². The van der Waals surface area contributed by atoms with Crippen LogP contribution in [0.1, 0.15) is 32.6 Å². The number of para-hydroxylation sites is 2. The minimum atomic E-state index is 0.203. The molecule has 0 unspecified atom stereocenters. The molecule has 1 aliphatic carbocycles. The Morgan fingerprint density at radius 3 is 2.56 bits per heavy atom. The summed E-state index contributed by atoms with van der Waals surface area (Å²) in [5, 5.41) is 14.9. The first-order valence-electron chi connectivity index (χ1n) is 9.04. The van der Waals surface area contributed by atoms with Gasteiger partial charge in [-0.15, -0.1) is 0 Å². The van der Waals surface area contributed by atoms with Crippen molar-refractivity contribution in [1.29, 1.82) is 0 Å². The average Bonchev–Trinajstić information content (AvgIpc) is 2.64. The number of aromatic hydroxyl groups is 1. The van der Waals surface area contributed by atoms with Crippen LogP contribution >= 0.6 is 0 Å². The quantitative estimate of drug-likeness (QED) is 0.709. The monoisotopic (exact) mass is 333 g/mol. The lowest BCUT2D eigenvalue weighted by atomic mass is 9.86. The highest BCUT2D eigenvalue weighted by Gasteiger charge is 2.22. The fourth-order valence-electron chi connectivity index (χ4n) is 3.68. The van der Waals surface area contributed by atoms with Gasteiger partial charge in [-0.25, -0.2) is 9.97 Å². The van der Waals surface area contributed by atoms with Crippen LogP contribution in [0.2, 0.25) is 0 Å². The first kappa shape index (κ1) is 15.9. The first-order chi connectivity index (χ1) is 12.2. The molecule has 4 heteroatoms. The predicted molar refractivity (Wildman–Crippen MR) is 102 cm³/mol. The van der Waals surface area contributed by atoms with Crippen LogP contribution in [0.15, 0.2) is 48.5 Å². The Morgan fingerprint density at radius 2 is 1.72 bits per heavy atom. The Labute approximate surface area is 148 Å². The third-order valence-electron chi connectivity index (χ3n) is 5.18. The van der Waals surface area contributed by atoms with Gasteiger partial charge in [0.05, 0.1) is 11.1 Å². The third kappa shape index (κ3) is 3.16. The summed E-state index contributed by atoms with van der Waals surface area (Å²) in [5.74, 6) is 2.26. The van der Waals surface area contributed by atoms with Crippen molar-refractivity contribution in [2.24, 2.45) is 5.92 Å². The van der Waals surface area contributed by atoms with Crippen molar-refractivity contribution in [2.45, 2.75) is 38.6 Å². The minimum Gasteiger partial charge on any atom is -0.507 e. The van der Waals surface area contributed by atoms with Gasteiger partial charge < -0.3 is 10.4 Å². The summed E-state index contributed by atoms with van der Waals surface area (Å²) in [6, 6.07) is 15.7. The zero-order valence-corrected chi connectivity index (χ0v) is 14.4. The molecule has 25 heavy (non-hydrogen) atoms. The molecule has 1 fully saturated rings. The molecular weight excluding hydrogens is 310 g/mol. The standard InChI is InChI=1S/C21H23N3O/c1-14-8-2-5-11-17(14)22-20-15-9-3-6-12-18(15)23-21(24-20)16-10-4-7-13-19(16)25/h3-4,6-7,9-10,12-14,17,25H,2,5,8,11H2,1H3,(H,22,23,24)/t14-,17-/m0/s1. The molecule has 0 aliphatic heterocycles. The van der Waals surface area contributed by atoms with Gasteiger partial charge in [-0.2, -0.15) is 0 Å². The summed E-state index contributed by atoms with van der Waals surface area (Å²) in [6.07, 6.45) is 5.00. The van der Waals surface area contributed by atoms with E-state index in [1.165, 1.54) is 25.7 Å². The molecule has 3 aromatic rings. The van der Waals surface area contributed by atoms with E-state index in [1.807, 2.05) is 36.4 Å². The second-order valence-electron chi connectivity index (χ2n) is 6.94. The van der Waals surface area contributed by atoms with Crippen molar-refractivity contribution in [3.05, 3.63) is 48.5 Å². The van der Waals surface area contributed by atoms with Crippen LogP contribution in [-0.4, -0.2) is 21.1 Å². The highest BCUT2D eigenvalue weighted by molar-refractivity contribution is 5.91. The van der Waals surface area contributed by atoms with Crippen LogP contribution in [0.25, 0.3) is 22.3 Å². The van der Waals surface area contributed by atoms with Crippen LogP contribution in [0, 0.1) is 5.92 Å². The number of hydrogen-bond acceptors (Lipinski definition) is 4. The van der Waals surface area contributed by atoms with E-state index in [0.29, 0.717) is 23.3 Å². The van der Waals surface area contributed by atoms with Gasteiger partial charge in [-0.1, -0.05) is 44.0 Å². The van der Waals surface area contributed by atoms with Crippen LogP contribution in [0.5, 0.6) is 5.75 Å². The zero-order chi connectivity index (χ0) is 17.2. The Balaban J connectivity index is 1.80. The van der Waals surface area contributed by atoms with E-state index >= 15 is 0 Å². The summed E-state index contributed by atoms with van der Waals surface area (Å²) in [7, 11) is 0. The van der Waals surface area contributed by atoms with Crippen molar-refractivity contribution in [3.63, 3.8) is 0 Å². The molecule has 2 aromatic carbocycles. The van der Waals surface area contributed by atoms with E-state index in [0.717, 1.165) is 16.7 Å². The van der Waals surface area contributed by atoms with Crippen molar-refractivity contribution in [3.8, 4) is 17.1 Å². The van der Waals surface area contributed by atoms with Crippen molar-refractivity contribution in [1.82, 2.24) is 9.97 Å². The number of aromatic nitrogens is 2. The lowest BCUT2D eigenvalue weighted by Crippen LogP contribution is -2.30. The number of hydrogen-bond donors (Lipinski definition) is 2. The third-order valence-corrected chi connectivity index (χ3v) is 5.18. The summed E-state index contributed by atoms with van der Waals surface area (Å²) >= 11 is 0. The van der Waals surface area contributed by atoms with Gasteiger partial charge in [0.15, 0.2) is 5.82 Å². The van der Waals surface area contributed by atoms with E-state index in [2.05, 4.69) is 23.3 Å². The molecule has 128 valence electrons. The fourth-order valence-corrected chi connectivity index (χ4v) is 3.68. The van der Waals surface area contributed by atoms with Crippen molar-refractivity contribution in [2.75, 3.05) is 5.32 Å². The van der Waals surface area contributed by atoms with E-state index in [-0.39, 0.29) is 5.75 Å². The maximum Gasteiger partial charge on any atom is 0.165 e. The number of benzene rings is 2. The topological polar surface area (TPSA) is 58.0 Å². The van der Waals surface area contributed by atoms with Gasteiger partial charge in [0.25, 0.3) is 0 Å². The molecule has 1 aliphatic rings. The Hall–Kier alpha value is -2.62. The summed E-state index contributed by atoms with van der Waals surface area (Å²) in [6.45, 7) is 2.31. The normalized spacial score (nSPS) is 20.5. The molecular formula is C21H23N3O. The van der Waals surface area contributed by atoms with Gasteiger partial charge in [0, 0.05) is 11.4 Å². The molecule has 4 nitrogen and oxygen atoms in total. The van der Waals surface area contributed by atoms with Gasteiger partial charge >= 0.3 is 0 Å². The molecule has 0 amide bonds. The highest BCUT2D eigenvalue weighted by Crippen LogP contribution is 2.32.